The molecule has 2 N–H and O–H groups in total. The van der Waals surface area contributed by atoms with E-state index in [1.54, 1.807) is 0 Å². The number of rotatable bonds is 1. The topological polar surface area (TPSA) is 46.3 Å². The summed E-state index contributed by atoms with van der Waals surface area (Å²) in [4.78, 5) is 12.7. The molecule has 3 heteroatoms. The van der Waals surface area contributed by atoms with Gasteiger partial charge < -0.3 is 10.6 Å². The predicted molar refractivity (Wildman–Crippen MR) is 34.8 cm³/mol. The number of nitrogens with two attached hydrogens (primary N) is 1. The van der Waals surface area contributed by atoms with Crippen molar-refractivity contribution < 1.29 is 4.79 Å². The van der Waals surface area contributed by atoms with Gasteiger partial charge in [-0.15, -0.1) is 0 Å². The summed E-state index contributed by atoms with van der Waals surface area (Å²) in [6.07, 6.45) is 0.936. The number of hydrogen-bond acceptors (Lipinski definition) is 2. The minimum absolute atomic E-state index is 0.106. The van der Waals surface area contributed by atoms with Crippen LogP contribution in [0.3, 0.4) is 0 Å². The number of primary amides is 1. The molecule has 0 aromatic carbocycles. The Bertz CT molecular complexity index is 124. The van der Waals surface area contributed by atoms with E-state index in [4.69, 9.17) is 5.73 Å². The van der Waals surface area contributed by atoms with Gasteiger partial charge in [-0.1, -0.05) is 0 Å². The Labute approximate surface area is 54.8 Å². The number of amides is 1. The van der Waals surface area contributed by atoms with Crippen molar-refractivity contribution in [1.29, 1.82) is 0 Å². The van der Waals surface area contributed by atoms with Crippen LogP contribution < -0.4 is 5.73 Å². The van der Waals surface area contributed by atoms with Crippen LogP contribution in [0, 0.1) is 5.92 Å². The highest BCUT2D eigenvalue weighted by Crippen LogP contribution is 2.12. The zero-order valence-electron chi connectivity index (χ0n) is 5.63. The Morgan fingerprint density at radius 3 is 2.67 bits per heavy atom. The molecule has 9 heavy (non-hydrogen) atoms. The number of hydrogen-bond donors (Lipinski definition) is 1. The molecule has 1 aliphatic rings. The van der Waals surface area contributed by atoms with Crippen LogP contribution in [0.25, 0.3) is 0 Å². The average Bonchev–Trinajstić information content (AvgIpc) is 2.14. The second-order valence-corrected chi connectivity index (χ2v) is 2.65. The van der Waals surface area contributed by atoms with Gasteiger partial charge in [0.25, 0.3) is 0 Å². The zero-order chi connectivity index (χ0) is 6.85. The molecule has 0 saturated carbocycles. The molecule has 0 aromatic rings. The third-order valence-electron chi connectivity index (χ3n) is 1.79. The van der Waals surface area contributed by atoms with Gasteiger partial charge in [-0.05, 0) is 20.0 Å². The third-order valence-corrected chi connectivity index (χ3v) is 1.79. The van der Waals surface area contributed by atoms with Crippen molar-refractivity contribution in [2.45, 2.75) is 6.42 Å². The molecular formula is C6H12N2O. The predicted octanol–water partition coefficient (Wildman–Crippen LogP) is -0.577. The Morgan fingerprint density at radius 2 is 2.44 bits per heavy atom. The smallest absolute Gasteiger partial charge is 0.221 e. The summed E-state index contributed by atoms with van der Waals surface area (Å²) in [6, 6.07) is 0. The minimum Gasteiger partial charge on any atom is -0.369 e. The van der Waals surface area contributed by atoms with Gasteiger partial charge in [0.15, 0.2) is 0 Å². The summed E-state index contributed by atoms with van der Waals surface area (Å²) in [5, 5.41) is 0. The SMILES string of the molecule is CN1CC[C@H](C(N)=O)C1. The fourth-order valence-corrected chi connectivity index (χ4v) is 1.17. The second kappa shape index (κ2) is 2.35. The fraction of sp³-hybridized carbons (Fsp3) is 0.833. The number of carbonyl (C=O) groups is 1. The molecule has 1 fully saturated rings. The molecular weight excluding hydrogens is 116 g/mol. The first-order valence-corrected chi connectivity index (χ1v) is 3.18. The summed E-state index contributed by atoms with van der Waals surface area (Å²) in [7, 11) is 2.00. The lowest BCUT2D eigenvalue weighted by molar-refractivity contribution is -0.121. The largest absolute Gasteiger partial charge is 0.369 e. The van der Waals surface area contributed by atoms with Gasteiger partial charge in [-0.3, -0.25) is 4.79 Å². The van der Waals surface area contributed by atoms with Crippen LogP contribution in [0.1, 0.15) is 6.42 Å². The quantitative estimate of drug-likeness (QED) is 0.513. The number of nitrogens with zero attached hydrogens (tertiary/aromatic N) is 1. The van der Waals surface area contributed by atoms with Gasteiger partial charge in [0.05, 0.1) is 5.92 Å². The molecule has 0 unspecified atom stereocenters. The van der Waals surface area contributed by atoms with Crippen LogP contribution in [0.5, 0.6) is 0 Å². The van der Waals surface area contributed by atoms with Gasteiger partial charge in [0.1, 0.15) is 0 Å². The minimum atomic E-state index is -0.153. The highest BCUT2D eigenvalue weighted by atomic mass is 16.1. The molecule has 1 rings (SSSR count). The molecule has 0 spiro atoms. The maximum absolute atomic E-state index is 10.5. The normalized spacial score (nSPS) is 28.8. The molecule has 0 aliphatic carbocycles. The molecule has 1 amide bonds. The summed E-state index contributed by atoms with van der Waals surface area (Å²) < 4.78 is 0. The molecule has 1 atom stereocenters. The van der Waals surface area contributed by atoms with Crippen LogP contribution in [-0.2, 0) is 4.79 Å². The van der Waals surface area contributed by atoms with Crippen LogP contribution >= 0.6 is 0 Å². The first-order valence-electron chi connectivity index (χ1n) is 3.18. The Morgan fingerprint density at radius 1 is 1.78 bits per heavy atom. The Balaban J connectivity index is 2.39. The highest BCUT2D eigenvalue weighted by Gasteiger charge is 2.23. The van der Waals surface area contributed by atoms with Gasteiger partial charge >= 0.3 is 0 Å². The molecule has 3 nitrogen and oxygen atoms in total. The van der Waals surface area contributed by atoms with Crippen LogP contribution in [0.4, 0.5) is 0 Å². The molecule has 1 aliphatic heterocycles. The lowest BCUT2D eigenvalue weighted by atomic mass is 10.1. The van der Waals surface area contributed by atoms with Crippen LogP contribution in [-0.4, -0.2) is 30.9 Å². The maximum Gasteiger partial charge on any atom is 0.221 e. The first kappa shape index (κ1) is 6.55. The summed E-state index contributed by atoms with van der Waals surface area (Å²) in [5.74, 6) is -0.0469. The van der Waals surface area contributed by atoms with Gasteiger partial charge in [-0.2, -0.15) is 0 Å². The van der Waals surface area contributed by atoms with Crippen molar-refractivity contribution in [3.63, 3.8) is 0 Å². The van der Waals surface area contributed by atoms with E-state index in [-0.39, 0.29) is 11.8 Å². The summed E-state index contributed by atoms with van der Waals surface area (Å²) in [6.45, 7) is 1.85. The van der Waals surface area contributed by atoms with E-state index in [0.717, 1.165) is 19.5 Å². The van der Waals surface area contributed by atoms with E-state index in [2.05, 4.69) is 4.90 Å². The van der Waals surface area contributed by atoms with Crippen LogP contribution in [0.2, 0.25) is 0 Å². The summed E-state index contributed by atoms with van der Waals surface area (Å²) in [5.41, 5.74) is 5.09. The lowest BCUT2D eigenvalue weighted by Gasteiger charge is -2.05. The average molecular weight is 128 g/mol. The fourth-order valence-electron chi connectivity index (χ4n) is 1.17. The standard InChI is InChI=1S/C6H12N2O/c1-8-3-2-5(4-8)6(7)9/h5H,2-4H2,1H3,(H2,7,9)/t5-/m0/s1. The highest BCUT2D eigenvalue weighted by molar-refractivity contribution is 5.77. The monoisotopic (exact) mass is 128 g/mol. The molecule has 1 saturated heterocycles. The van der Waals surface area contributed by atoms with E-state index < -0.39 is 0 Å². The van der Waals surface area contributed by atoms with Crippen molar-refractivity contribution >= 4 is 5.91 Å². The first-order chi connectivity index (χ1) is 4.20. The van der Waals surface area contributed by atoms with E-state index in [0.29, 0.717) is 0 Å². The van der Waals surface area contributed by atoms with Gasteiger partial charge in [0.2, 0.25) is 5.91 Å². The Kier molecular flexibility index (Phi) is 1.71. The molecule has 0 radical (unpaired) electrons. The van der Waals surface area contributed by atoms with E-state index in [1.165, 1.54) is 0 Å². The zero-order valence-corrected chi connectivity index (χ0v) is 5.63. The number of carbonyl (C=O) groups excluding carboxylic acids is 1. The third kappa shape index (κ3) is 1.42. The second-order valence-electron chi connectivity index (χ2n) is 2.65. The van der Waals surface area contributed by atoms with Crippen molar-refractivity contribution in [3.05, 3.63) is 0 Å². The lowest BCUT2D eigenvalue weighted by Crippen LogP contribution is -2.25. The number of likely N-dealkylation sites (tertiary alicyclic amines) is 1. The van der Waals surface area contributed by atoms with E-state index >= 15 is 0 Å². The molecule has 52 valence electrons. The van der Waals surface area contributed by atoms with Crippen molar-refractivity contribution in [3.8, 4) is 0 Å². The van der Waals surface area contributed by atoms with E-state index in [1.807, 2.05) is 7.05 Å². The summed E-state index contributed by atoms with van der Waals surface area (Å²) >= 11 is 0. The van der Waals surface area contributed by atoms with Gasteiger partial charge in [0, 0.05) is 6.54 Å². The van der Waals surface area contributed by atoms with E-state index in [9.17, 15) is 4.79 Å². The van der Waals surface area contributed by atoms with Crippen molar-refractivity contribution in [1.82, 2.24) is 4.90 Å². The maximum atomic E-state index is 10.5. The molecule has 0 bridgehead atoms. The Hall–Kier alpha value is -0.570. The van der Waals surface area contributed by atoms with Crippen molar-refractivity contribution in [2.24, 2.45) is 11.7 Å². The van der Waals surface area contributed by atoms with Crippen LogP contribution in [0.15, 0.2) is 0 Å². The van der Waals surface area contributed by atoms with Crippen molar-refractivity contribution in [2.75, 3.05) is 20.1 Å². The molecule has 0 aromatic heterocycles. The van der Waals surface area contributed by atoms with Gasteiger partial charge in [-0.25, -0.2) is 0 Å². The molecule has 1 heterocycles.